The maximum absolute atomic E-state index is 10.9. The Morgan fingerprint density at radius 3 is 2.79 bits per heavy atom. The Hall–Kier alpha value is -1.10. The van der Waals surface area contributed by atoms with Crippen LogP contribution >= 0.6 is 15.9 Å². The van der Waals surface area contributed by atoms with Gasteiger partial charge in [0.1, 0.15) is 0 Å². The molecule has 0 bridgehead atoms. The second-order valence-corrected chi connectivity index (χ2v) is 6.71. The molecule has 0 aliphatic heterocycles. The molecule has 104 valence electrons. The number of nitrogens with one attached hydrogen (secondary N) is 1. The number of anilines is 1. The van der Waals surface area contributed by atoms with Crippen molar-refractivity contribution in [3.63, 3.8) is 0 Å². The lowest BCUT2D eigenvalue weighted by molar-refractivity contribution is -0.385. The van der Waals surface area contributed by atoms with Gasteiger partial charge in [-0.2, -0.15) is 0 Å². The highest BCUT2D eigenvalue weighted by Crippen LogP contribution is 2.38. The molecule has 1 saturated carbocycles. The SMILES string of the molecule is CC1(C)CCCCC1Nc1ccc(Br)c([N+](=O)[O-])c1. The lowest BCUT2D eigenvalue weighted by Gasteiger charge is -2.39. The molecule has 4 nitrogen and oxygen atoms in total. The van der Waals surface area contributed by atoms with Crippen LogP contribution in [0.2, 0.25) is 0 Å². The van der Waals surface area contributed by atoms with Crippen LogP contribution in [0.4, 0.5) is 11.4 Å². The summed E-state index contributed by atoms with van der Waals surface area (Å²) >= 11 is 3.21. The van der Waals surface area contributed by atoms with Crippen LogP contribution in [-0.2, 0) is 0 Å². The van der Waals surface area contributed by atoms with Crippen molar-refractivity contribution in [1.82, 2.24) is 0 Å². The molecule has 1 aliphatic carbocycles. The number of nitro benzene ring substituents is 1. The van der Waals surface area contributed by atoms with Gasteiger partial charge in [0.2, 0.25) is 0 Å². The third kappa shape index (κ3) is 3.26. The summed E-state index contributed by atoms with van der Waals surface area (Å²) in [6, 6.07) is 5.61. The fourth-order valence-electron chi connectivity index (χ4n) is 2.71. The van der Waals surface area contributed by atoms with Crippen LogP contribution in [0.15, 0.2) is 22.7 Å². The van der Waals surface area contributed by atoms with Crippen LogP contribution in [0.25, 0.3) is 0 Å². The van der Waals surface area contributed by atoms with E-state index >= 15 is 0 Å². The molecule has 0 aromatic heterocycles. The molecule has 1 atom stereocenters. The molecule has 1 aromatic carbocycles. The maximum atomic E-state index is 10.9. The molecule has 19 heavy (non-hydrogen) atoms. The van der Waals surface area contributed by atoms with Crippen molar-refractivity contribution in [2.45, 2.75) is 45.6 Å². The third-order valence-electron chi connectivity index (χ3n) is 3.99. The van der Waals surface area contributed by atoms with Gasteiger partial charge in [-0.25, -0.2) is 0 Å². The first-order valence-electron chi connectivity index (χ1n) is 6.60. The molecular weight excluding hydrogens is 308 g/mol. The normalized spacial score (nSPS) is 21.9. The minimum absolute atomic E-state index is 0.110. The summed E-state index contributed by atoms with van der Waals surface area (Å²) in [7, 11) is 0. The molecule has 1 unspecified atom stereocenters. The highest BCUT2D eigenvalue weighted by molar-refractivity contribution is 9.10. The van der Waals surface area contributed by atoms with Gasteiger partial charge in [-0.15, -0.1) is 0 Å². The van der Waals surface area contributed by atoms with Crippen LogP contribution < -0.4 is 5.32 Å². The van der Waals surface area contributed by atoms with Crippen LogP contribution in [-0.4, -0.2) is 11.0 Å². The molecule has 0 amide bonds. The summed E-state index contributed by atoms with van der Waals surface area (Å²) in [5, 5.41) is 14.4. The molecule has 0 spiro atoms. The van der Waals surface area contributed by atoms with Crippen LogP contribution in [0.1, 0.15) is 39.5 Å². The summed E-state index contributed by atoms with van der Waals surface area (Å²) < 4.78 is 0.519. The van der Waals surface area contributed by atoms with E-state index in [0.717, 1.165) is 12.1 Å². The second-order valence-electron chi connectivity index (χ2n) is 5.85. The highest BCUT2D eigenvalue weighted by Gasteiger charge is 2.32. The van der Waals surface area contributed by atoms with Crippen LogP contribution in [0.3, 0.4) is 0 Å². The molecule has 1 aliphatic rings. The van der Waals surface area contributed by atoms with Gasteiger partial charge >= 0.3 is 0 Å². The zero-order valence-electron chi connectivity index (χ0n) is 11.3. The molecule has 1 aromatic rings. The van der Waals surface area contributed by atoms with Crippen LogP contribution in [0.5, 0.6) is 0 Å². The lowest BCUT2D eigenvalue weighted by atomic mass is 9.73. The third-order valence-corrected chi connectivity index (χ3v) is 4.66. The van der Waals surface area contributed by atoms with Gasteiger partial charge in [0, 0.05) is 17.8 Å². The molecule has 0 saturated heterocycles. The smallest absolute Gasteiger partial charge is 0.285 e. The average molecular weight is 327 g/mol. The largest absolute Gasteiger partial charge is 0.382 e. The van der Waals surface area contributed by atoms with Crippen molar-refractivity contribution in [1.29, 1.82) is 0 Å². The molecule has 1 N–H and O–H groups in total. The van der Waals surface area contributed by atoms with Gasteiger partial charge in [-0.1, -0.05) is 26.7 Å². The highest BCUT2D eigenvalue weighted by atomic mass is 79.9. The number of nitrogens with zero attached hydrogens (tertiary/aromatic N) is 1. The Bertz CT molecular complexity index is 488. The van der Waals surface area contributed by atoms with E-state index in [9.17, 15) is 10.1 Å². The van der Waals surface area contributed by atoms with Crippen LogP contribution in [0, 0.1) is 15.5 Å². The number of hydrogen-bond donors (Lipinski definition) is 1. The summed E-state index contributed by atoms with van der Waals surface area (Å²) in [4.78, 5) is 10.6. The van der Waals surface area contributed by atoms with Crippen molar-refractivity contribution in [3.05, 3.63) is 32.8 Å². The number of benzene rings is 1. The predicted octanol–water partition coefficient (Wildman–Crippen LogP) is 4.74. The van der Waals surface area contributed by atoms with E-state index in [4.69, 9.17) is 0 Å². The molecule has 2 rings (SSSR count). The van der Waals surface area contributed by atoms with Crippen molar-refractivity contribution >= 4 is 27.3 Å². The molecular formula is C14H19BrN2O2. The van der Waals surface area contributed by atoms with E-state index in [2.05, 4.69) is 35.1 Å². The fourth-order valence-corrected chi connectivity index (χ4v) is 3.10. The zero-order chi connectivity index (χ0) is 14.0. The Morgan fingerprint density at radius 2 is 2.16 bits per heavy atom. The topological polar surface area (TPSA) is 55.2 Å². The summed E-state index contributed by atoms with van der Waals surface area (Å²) in [5.41, 5.74) is 1.17. The number of halogens is 1. The standard InChI is InChI=1S/C14H19BrN2O2/c1-14(2)8-4-3-5-13(14)16-10-6-7-11(15)12(9-10)17(18)19/h6-7,9,13,16H,3-5,8H2,1-2H3. The van der Waals surface area contributed by atoms with Crippen molar-refractivity contribution in [2.24, 2.45) is 5.41 Å². The number of hydrogen-bond acceptors (Lipinski definition) is 3. The van der Waals surface area contributed by atoms with Crippen molar-refractivity contribution in [2.75, 3.05) is 5.32 Å². The predicted molar refractivity (Wildman–Crippen MR) is 80.5 cm³/mol. The summed E-state index contributed by atoms with van der Waals surface area (Å²) in [6.07, 6.45) is 4.81. The summed E-state index contributed by atoms with van der Waals surface area (Å²) in [5.74, 6) is 0. The van der Waals surface area contributed by atoms with Gasteiger partial charge in [0.05, 0.1) is 9.40 Å². The maximum Gasteiger partial charge on any atom is 0.285 e. The van der Waals surface area contributed by atoms with Gasteiger partial charge in [0.25, 0.3) is 5.69 Å². The average Bonchev–Trinajstić information content (AvgIpc) is 2.33. The van der Waals surface area contributed by atoms with Gasteiger partial charge < -0.3 is 5.32 Å². The molecule has 0 heterocycles. The Morgan fingerprint density at radius 1 is 1.42 bits per heavy atom. The Balaban J connectivity index is 2.19. The van der Waals surface area contributed by atoms with E-state index in [1.807, 2.05) is 6.07 Å². The fraction of sp³-hybridized carbons (Fsp3) is 0.571. The Kier molecular flexibility index (Phi) is 4.13. The number of nitro groups is 1. The molecule has 1 fully saturated rings. The van der Waals surface area contributed by atoms with Gasteiger partial charge in [-0.05, 0) is 46.3 Å². The summed E-state index contributed by atoms with van der Waals surface area (Å²) in [6.45, 7) is 4.52. The first kappa shape index (κ1) is 14.3. The minimum atomic E-state index is -0.360. The van der Waals surface area contributed by atoms with E-state index in [-0.39, 0.29) is 16.0 Å². The van der Waals surface area contributed by atoms with Gasteiger partial charge in [-0.3, -0.25) is 10.1 Å². The quantitative estimate of drug-likeness (QED) is 0.644. The lowest BCUT2D eigenvalue weighted by Crippen LogP contribution is -2.38. The Labute approximate surface area is 121 Å². The van der Waals surface area contributed by atoms with E-state index in [1.54, 1.807) is 12.1 Å². The van der Waals surface area contributed by atoms with Gasteiger partial charge in [0.15, 0.2) is 0 Å². The van der Waals surface area contributed by atoms with E-state index in [0.29, 0.717) is 10.5 Å². The van der Waals surface area contributed by atoms with E-state index in [1.165, 1.54) is 19.3 Å². The van der Waals surface area contributed by atoms with Crippen molar-refractivity contribution < 1.29 is 4.92 Å². The van der Waals surface area contributed by atoms with E-state index < -0.39 is 0 Å². The minimum Gasteiger partial charge on any atom is -0.382 e. The molecule has 5 heteroatoms. The number of rotatable bonds is 3. The monoisotopic (exact) mass is 326 g/mol. The second kappa shape index (κ2) is 5.49. The zero-order valence-corrected chi connectivity index (χ0v) is 12.9. The first-order chi connectivity index (χ1) is 8.90. The first-order valence-corrected chi connectivity index (χ1v) is 7.40. The van der Waals surface area contributed by atoms with Crippen molar-refractivity contribution in [3.8, 4) is 0 Å². The molecule has 0 radical (unpaired) electrons.